The summed E-state index contributed by atoms with van der Waals surface area (Å²) in [5.74, 6) is 2.03. The highest BCUT2D eigenvalue weighted by atomic mass is 16.5. The molecule has 0 bridgehead atoms. The first-order valence-electron chi connectivity index (χ1n) is 11.8. The Kier molecular flexibility index (Phi) is 7.57. The summed E-state index contributed by atoms with van der Waals surface area (Å²) in [6.07, 6.45) is 9.64. The SMILES string of the molecule is COc1ccccc1CN1CCC[C@H]([C@@H](NC(=O)CC2CCCC2)c2ccccn2)C1. The fourth-order valence-corrected chi connectivity index (χ4v) is 5.28. The van der Waals surface area contributed by atoms with Crippen LogP contribution in [0, 0.1) is 11.8 Å². The van der Waals surface area contributed by atoms with Crippen LogP contribution < -0.4 is 10.1 Å². The van der Waals surface area contributed by atoms with E-state index in [4.69, 9.17) is 4.74 Å². The van der Waals surface area contributed by atoms with Gasteiger partial charge in [0.05, 0.1) is 18.8 Å². The third-order valence-corrected chi connectivity index (χ3v) is 6.87. The normalized spacial score (nSPS) is 21.0. The Bertz CT molecular complexity index is 836. The number of carbonyl (C=O) groups is 1. The molecule has 4 rings (SSSR count). The second kappa shape index (κ2) is 10.8. The maximum absolute atomic E-state index is 12.9. The molecule has 5 nitrogen and oxygen atoms in total. The molecule has 0 unspecified atom stereocenters. The third-order valence-electron chi connectivity index (χ3n) is 6.87. The molecule has 166 valence electrons. The van der Waals surface area contributed by atoms with E-state index in [0.29, 0.717) is 18.3 Å². The molecule has 1 amide bonds. The van der Waals surface area contributed by atoms with Gasteiger partial charge in [-0.3, -0.25) is 14.7 Å². The lowest BCUT2D eigenvalue weighted by atomic mass is 9.87. The highest BCUT2D eigenvalue weighted by Gasteiger charge is 2.31. The first kappa shape index (κ1) is 21.8. The van der Waals surface area contributed by atoms with Gasteiger partial charge in [-0.25, -0.2) is 0 Å². The minimum atomic E-state index is -0.0319. The van der Waals surface area contributed by atoms with Crippen LogP contribution in [0.5, 0.6) is 5.75 Å². The molecule has 0 radical (unpaired) electrons. The van der Waals surface area contributed by atoms with E-state index < -0.39 is 0 Å². The Morgan fingerprint density at radius 1 is 1.13 bits per heavy atom. The van der Waals surface area contributed by atoms with Gasteiger partial charge >= 0.3 is 0 Å². The molecule has 2 fully saturated rings. The van der Waals surface area contributed by atoms with Gasteiger partial charge in [-0.05, 0) is 62.3 Å². The molecule has 1 aliphatic carbocycles. The molecule has 1 N–H and O–H groups in total. The van der Waals surface area contributed by atoms with Gasteiger partial charge in [-0.1, -0.05) is 37.1 Å². The summed E-state index contributed by atoms with van der Waals surface area (Å²) >= 11 is 0. The van der Waals surface area contributed by atoms with Gasteiger partial charge in [-0.15, -0.1) is 0 Å². The number of nitrogens with one attached hydrogen (secondary N) is 1. The zero-order chi connectivity index (χ0) is 21.5. The van der Waals surface area contributed by atoms with Gasteiger partial charge in [0, 0.05) is 31.3 Å². The predicted octanol–water partition coefficient (Wildman–Crippen LogP) is 4.74. The molecule has 31 heavy (non-hydrogen) atoms. The quantitative estimate of drug-likeness (QED) is 0.669. The van der Waals surface area contributed by atoms with Crippen LogP contribution >= 0.6 is 0 Å². The summed E-state index contributed by atoms with van der Waals surface area (Å²) in [7, 11) is 1.73. The fraction of sp³-hybridized carbons (Fsp3) is 0.538. The molecule has 2 aromatic rings. The van der Waals surface area contributed by atoms with Crippen molar-refractivity contribution in [3.63, 3.8) is 0 Å². The number of likely N-dealkylation sites (tertiary alicyclic amines) is 1. The summed E-state index contributed by atoms with van der Waals surface area (Å²) in [5, 5.41) is 3.38. The summed E-state index contributed by atoms with van der Waals surface area (Å²) < 4.78 is 5.55. The van der Waals surface area contributed by atoms with Crippen molar-refractivity contribution in [3.05, 3.63) is 59.9 Å². The standard InChI is InChI=1S/C26H35N3O2/c1-31-24-14-5-4-11-21(24)18-29-16-8-12-22(19-29)26(23-13-6-7-15-27-23)28-25(30)17-20-9-2-3-10-20/h4-7,11,13-15,20,22,26H,2-3,8-10,12,16-19H2,1H3,(H,28,30)/t22-,26+/m0/s1. The second-order valence-electron chi connectivity index (χ2n) is 9.10. The molecule has 1 aromatic carbocycles. The number of aromatic nitrogens is 1. The molecule has 5 heteroatoms. The van der Waals surface area contributed by atoms with E-state index in [-0.39, 0.29) is 11.9 Å². The highest BCUT2D eigenvalue weighted by Crippen LogP contribution is 2.32. The van der Waals surface area contributed by atoms with Gasteiger partial charge in [0.2, 0.25) is 5.91 Å². The number of hydrogen-bond acceptors (Lipinski definition) is 4. The van der Waals surface area contributed by atoms with E-state index >= 15 is 0 Å². The second-order valence-corrected chi connectivity index (χ2v) is 9.10. The van der Waals surface area contributed by atoms with E-state index in [1.54, 1.807) is 7.11 Å². The molecule has 1 saturated heterocycles. The van der Waals surface area contributed by atoms with Crippen LogP contribution in [0.4, 0.5) is 0 Å². The molecule has 1 aliphatic heterocycles. The number of methoxy groups -OCH3 is 1. The van der Waals surface area contributed by atoms with E-state index in [2.05, 4.69) is 33.4 Å². The fourth-order valence-electron chi connectivity index (χ4n) is 5.28. The van der Waals surface area contributed by atoms with Gasteiger partial charge < -0.3 is 10.1 Å². The van der Waals surface area contributed by atoms with Gasteiger partial charge in [0.25, 0.3) is 0 Å². The molecule has 0 spiro atoms. The van der Waals surface area contributed by atoms with Crippen LogP contribution in [0.2, 0.25) is 0 Å². The monoisotopic (exact) mass is 421 g/mol. The van der Waals surface area contributed by atoms with Crippen molar-refractivity contribution in [1.82, 2.24) is 15.2 Å². The van der Waals surface area contributed by atoms with Crippen LogP contribution in [0.3, 0.4) is 0 Å². The Morgan fingerprint density at radius 2 is 1.94 bits per heavy atom. The first-order chi connectivity index (χ1) is 15.2. The largest absolute Gasteiger partial charge is 0.496 e. The Labute approximate surface area is 186 Å². The van der Waals surface area contributed by atoms with Gasteiger partial charge in [-0.2, -0.15) is 0 Å². The summed E-state index contributed by atoms with van der Waals surface area (Å²) in [6, 6.07) is 14.2. The Morgan fingerprint density at radius 3 is 2.71 bits per heavy atom. The number of nitrogens with zero attached hydrogens (tertiary/aromatic N) is 2. The number of para-hydroxylation sites is 1. The van der Waals surface area contributed by atoms with E-state index in [1.807, 2.05) is 30.5 Å². The number of hydrogen-bond donors (Lipinski definition) is 1. The van der Waals surface area contributed by atoms with E-state index in [9.17, 15) is 4.79 Å². The van der Waals surface area contributed by atoms with Crippen LogP contribution in [0.15, 0.2) is 48.7 Å². The lowest BCUT2D eigenvalue weighted by molar-refractivity contribution is -0.123. The van der Waals surface area contributed by atoms with Crippen molar-refractivity contribution in [2.24, 2.45) is 11.8 Å². The molecular weight excluding hydrogens is 386 g/mol. The molecule has 2 heterocycles. The number of carbonyl (C=O) groups excluding carboxylic acids is 1. The number of benzene rings is 1. The number of pyridine rings is 1. The van der Waals surface area contributed by atoms with Crippen molar-refractivity contribution in [1.29, 1.82) is 0 Å². The topological polar surface area (TPSA) is 54.5 Å². The van der Waals surface area contributed by atoms with Crippen molar-refractivity contribution in [2.45, 2.75) is 57.5 Å². The number of piperidine rings is 1. The van der Waals surface area contributed by atoms with Crippen LogP contribution in [-0.4, -0.2) is 36.0 Å². The van der Waals surface area contributed by atoms with Crippen LogP contribution in [-0.2, 0) is 11.3 Å². The van der Waals surface area contributed by atoms with Gasteiger partial charge in [0.15, 0.2) is 0 Å². The van der Waals surface area contributed by atoms with Crippen LogP contribution in [0.1, 0.15) is 62.2 Å². The Balaban J connectivity index is 1.45. The number of amides is 1. The zero-order valence-corrected chi connectivity index (χ0v) is 18.6. The predicted molar refractivity (Wildman–Crippen MR) is 123 cm³/mol. The average molecular weight is 422 g/mol. The van der Waals surface area contributed by atoms with Crippen molar-refractivity contribution in [2.75, 3.05) is 20.2 Å². The molecule has 2 aliphatic rings. The lowest BCUT2D eigenvalue weighted by Gasteiger charge is -2.37. The maximum atomic E-state index is 12.9. The average Bonchev–Trinajstić information content (AvgIpc) is 3.31. The smallest absolute Gasteiger partial charge is 0.220 e. The van der Waals surface area contributed by atoms with Crippen molar-refractivity contribution in [3.8, 4) is 5.75 Å². The minimum absolute atomic E-state index is 0.0319. The first-order valence-corrected chi connectivity index (χ1v) is 11.8. The van der Waals surface area contributed by atoms with Crippen molar-refractivity contribution < 1.29 is 9.53 Å². The minimum Gasteiger partial charge on any atom is -0.496 e. The summed E-state index contributed by atoms with van der Waals surface area (Å²) in [5.41, 5.74) is 2.19. The van der Waals surface area contributed by atoms with Gasteiger partial charge in [0.1, 0.15) is 5.75 Å². The lowest BCUT2D eigenvalue weighted by Crippen LogP contribution is -2.43. The van der Waals surface area contributed by atoms with Crippen molar-refractivity contribution >= 4 is 5.91 Å². The number of ether oxygens (including phenoxy) is 1. The van der Waals surface area contributed by atoms with E-state index in [1.165, 1.54) is 31.2 Å². The molecule has 2 atom stereocenters. The summed E-state index contributed by atoms with van der Waals surface area (Å²) in [6.45, 7) is 2.88. The van der Waals surface area contributed by atoms with E-state index in [0.717, 1.165) is 43.9 Å². The third kappa shape index (κ3) is 5.85. The Hall–Kier alpha value is -2.40. The van der Waals surface area contributed by atoms with Crippen LogP contribution in [0.25, 0.3) is 0 Å². The maximum Gasteiger partial charge on any atom is 0.220 e. The highest BCUT2D eigenvalue weighted by molar-refractivity contribution is 5.76. The summed E-state index contributed by atoms with van der Waals surface area (Å²) in [4.78, 5) is 20.0. The molecular formula is C26H35N3O2. The molecule has 1 aromatic heterocycles. The number of rotatable bonds is 8. The zero-order valence-electron chi connectivity index (χ0n) is 18.6. The molecule has 1 saturated carbocycles.